The molecular weight excluding hydrogens is 218 g/mol. The third-order valence-corrected chi connectivity index (χ3v) is 2.17. The monoisotopic (exact) mass is 237 g/mol. The molecule has 0 aromatic heterocycles. The smallest absolute Gasteiger partial charge is 0.250 e. The zero-order chi connectivity index (χ0) is 12.7. The third kappa shape index (κ3) is 5.47. The maximum Gasteiger partial charge on any atom is 0.250 e. The molecule has 0 aliphatic rings. The summed E-state index contributed by atoms with van der Waals surface area (Å²) >= 11 is 0. The number of amides is 1. The topological polar surface area (TPSA) is 47.6 Å². The number of carbonyl (C=O) groups excluding carboxylic acids is 1. The van der Waals surface area contributed by atoms with Gasteiger partial charge in [0.15, 0.2) is 0 Å². The molecule has 0 atom stereocenters. The number of aryl methyl sites for hydroxylation is 2. The molecule has 0 aliphatic heterocycles. The summed E-state index contributed by atoms with van der Waals surface area (Å²) in [6.45, 7) is 4.97. The van der Waals surface area contributed by atoms with Gasteiger partial charge >= 0.3 is 0 Å². The van der Waals surface area contributed by atoms with Gasteiger partial charge in [0, 0.05) is 12.8 Å². The van der Waals surface area contributed by atoms with E-state index in [-0.39, 0.29) is 12.5 Å². The minimum absolute atomic E-state index is 0.0519. The summed E-state index contributed by atoms with van der Waals surface area (Å²) in [5.74, 6) is -0.147. The van der Waals surface area contributed by atoms with E-state index in [9.17, 15) is 4.79 Å². The molecule has 1 N–H and O–H groups in total. The van der Waals surface area contributed by atoms with Gasteiger partial charge in [-0.05, 0) is 37.1 Å². The summed E-state index contributed by atoms with van der Waals surface area (Å²) in [6, 6.07) is 5.92. The van der Waals surface area contributed by atoms with Crippen molar-refractivity contribution in [3.05, 3.63) is 29.3 Å². The van der Waals surface area contributed by atoms with Gasteiger partial charge in [-0.15, -0.1) is 0 Å². The van der Waals surface area contributed by atoms with Crippen LogP contribution in [-0.2, 0) is 14.3 Å². The van der Waals surface area contributed by atoms with Gasteiger partial charge < -0.3 is 14.8 Å². The Bertz CT molecular complexity index is 357. The number of rotatable bonds is 6. The minimum atomic E-state index is -0.147. The fraction of sp³-hybridized carbons (Fsp3) is 0.462. The maximum atomic E-state index is 11.5. The van der Waals surface area contributed by atoms with Crippen LogP contribution < -0.4 is 5.32 Å². The predicted molar refractivity (Wildman–Crippen MR) is 67.2 cm³/mol. The van der Waals surface area contributed by atoms with Crippen molar-refractivity contribution in [2.75, 3.05) is 32.2 Å². The van der Waals surface area contributed by atoms with Gasteiger partial charge in [-0.25, -0.2) is 0 Å². The van der Waals surface area contributed by atoms with Crippen molar-refractivity contribution in [2.45, 2.75) is 13.8 Å². The van der Waals surface area contributed by atoms with E-state index in [2.05, 4.69) is 11.4 Å². The highest BCUT2D eigenvalue weighted by Gasteiger charge is 2.03. The molecule has 4 heteroatoms. The van der Waals surface area contributed by atoms with E-state index in [1.54, 1.807) is 7.11 Å². The molecule has 0 bridgehead atoms. The van der Waals surface area contributed by atoms with Crippen LogP contribution in [0.15, 0.2) is 18.2 Å². The van der Waals surface area contributed by atoms with E-state index in [0.29, 0.717) is 13.2 Å². The number of hydrogen-bond donors (Lipinski definition) is 1. The van der Waals surface area contributed by atoms with Gasteiger partial charge in [-0.3, -0.25) is 4.79 Å². The van der Waals surface area contributed by atoms with Crippen LogP contribution in [0.3, 0.4) is 0 Å². The molecule has 0 radical (unpaired) electrons. The van der Waals surface area contributed by atoms with Crippen molar-refractivity contribution in [3.63, 3.8) is 0 Å². The lowest BCUT2D eigenvalue weighted by Gasteiger charge is -2.08. The van der Waals surface area contributed by atoms with Gasteiger partial charge in [-0.2, -0.15) is 0 Å². The fourth-order valence-corrected chi connectivity index (χ4v) is 1.55. The summed E-state index contributed by atoms with van der Waals surface area (Å²) in [4.78, 5) is 11.5. The molecule has 0 saturated carbocycles. The minimum Gasteiger partial charge on any atom is -0.382 e. The second kappa shape index (κ2) is 7.04. The Balaban J connectivity index is 2.39. The van der Waals surface area contributed by atoms with Gasteiger partial charge in [0.25, 0.3) is 0 Å². The van der Waals surface area contributed by atoms with Crippen molar-refractivity contribution in [3.8, 4) is 0 Å². The number of benzene rings is 1. The van der Waals surface area contributed by atoms with Crippen molar-refractivity contribution >= 4 is 11.6 Å². The number of ether oxygens (including phenoxy) is 2. The molecule has 1 rings (SSSR count). The van der Waals surface area contributed by atoms with Crippen molar-refractivity contribution < 1.29 is 14.3 Å². The SMILES string of the molecule is COCCOCC(=O)Nc1cc(C)cc(C)c1. The summed E-state index contributed by atoms with van der Waals surface area (Å²) in [6.07, 6.45) is 0. The standard InChI is InChI=1S/C13H19NO3/c1-10-6-11(2)8-12(7-10)14-13(15)9-17-5-4-16-3/h6-8H,4-5,9H2,1-3H3,(H,14,15). The highest BCUT2D eigenvalue weighted by atomic mass is 16.5. The maximum absolute atomic E-state index is 11.5. The van der Waals surface area contributed by atoms with Crippen molar-refractivity contribution in [1.82, 2.24) is 0 Å². The van der Waals surface area contributed by atoms with Crippen LogP contribution in [0.2, 0.25) is 0 Å². The summed E-state index contributed by atoms with van der Waals surface area (Å²) < 4.78 is 9.95. The molecule has 0 heterocycles. The number of nitrogens with one attached hydrogen (secondary N) is 1. The molecule has 1 amide bonds. The summed E-state index contributed by atoms with van der Waals surface area (Å²) in [5.41, 5.74) is 3.06. The first kappa shape index (κ1) is 13.7. The zero-order valence-electron chi connectivity index (χ0n) is 10.6. The average Bonchev–Trinajstić information content (AvgIpc) is 2.23. The number of carbonyl (C=O) groups is 1. The number of methoxy groups -OCH3 is 1. The Morgan fingerprint density at radius 3 is 2.41 bits per heavy atom. The van der Waals surface area contributed by atoms with E-state index in [4.69, 9.17) is 9.47 Å². The van der Waals surface area contributed by atoms with E-state index in [1.807, 2.05) is 26.0 Å². The molecule has 94 valence electrons. The fourth-order valence-electron chi connectivity index (χ4n) is 1.55. The second-order valence-electron chi connectivity index (χ2n) is 3.97. The predicted octanol–water partition coefficient (Wildman–Crippen LogP) is 1.90. The Morgan fingerprint density at radius 2 is 1.82 bits per heavy atom. The molecule has 0 fully saturated rings. The Hall–Kier alpha value is -1.39. The normalized spacial score (nSPS) is 10.3. The largest absolute Gasteiger partial charge is 0.382 e. The van der Waals surface area contributed by atoms with Crippen LogP contribution in [0, 0.1) is 13.8 Å². The quantitative estimate of drug-likeness (QED) is 0.769. The van der Waals surface area contributed by atoms with E-state index in [0.717, 1.165) is 16.8 Å². The first-order valence-corrected chi connectivity index (χ1v) is 5.56. The number of hydrogen-bond acceptors (Lipinski definition) is 3. The van der Waals surface area contributed by atoms with Crippen LogP contribution in [0.1, 0.15) is 11.1 Å². The lowest BCUT2D eigenvalue weighted by Crippen LogP contribution is -2.19. The molecule has 4 nitrogen and oxygen atoms in total. The summed E-state index contributed by atoms with van der Waals surface area (Å²) in [5, 5.41) is 2.80. The first-order chi connectivity index (χ1) is 8.11. The lowest BCUT2D eigenvalue weighted by atomic mass is 10.1. The number of anilines is 1. The molecule has 0 unspecified atom stereocenters. The van der Waals surface area contributed by atoms with Gasteiger partial charge in [-0.1, -0.05) is 6.07 Å². The Morgan fingerprint density at radius 1 is 1.18 bits per heavy atom. The van der Waals surface area contributed by atoms with E-state index in [1.165, 1.54) is 0 Å². The lowest BCUT2D eigenvalue weighted by molar-refractivity contribution is -0.121. The molecule has 17 heavy (non-hydrogen) atoms. The van der Waals surface area contributed by atoms with Crippen LogP contribution in [0.5, 0.6) is 0 Å². The molecule has 1 aromatic carbocycles. The van der Waals surface area contributed by atoms with Crippen LogP contribution in [0.25, 0.3) is 0 Å². The van der Waals surface area contributed by atoms with Crippen LogP contribution >= 0.6 is 0 Å². The molecule has 0 aliphatic carbocycles. The second-order valence-corrected chi connectivity index (χ2v) is 3.97. The summed E-state index contributed by atoms with van der Waals surface area (Å²) in [7, 11) is 1.60. The highest BCUT2D eigenvalue weighted by Crippen LogP contribution is 2.13. The van der Waals surface area contributed by atoms with E-state index >= 15 is 0 Å². The molecule has 0 spiro atoms. The highest BCUT2D eigenvalue weighted by molar-refractivity contribution is 5.91. The average molecular weight is 237 g/mol. The van der Waals surface area contributed by atoms with E-state index < -0.39 is 0 Å². The molecular formula is C13H19NO3. The van der Waals surface area contributed by atoms with Crippen molar-refractivity contribution in [1.29, 1.82) is 0 Å². The van der Waals surface area contributed by atoms with Crippen LogP contribution in [-0.4, -0.2) is 32.8 Å². The Labute approximate surface area is 102 Å². The molecule has 0 saturated heterocycles. The van der Waals surface area contributed by atoms with Gasteiger partial charge in [0.2, 0.25) is 5.91 Å². The third-order valence-electron chi connectivity index (χ3n) is 2.17. The van der Waals surface area contributed by atoms with Gasteiger partial charge in [0.05, 0.1) is 13.2 Å². The van der Waals surface area contributed by atoms with Crippen molar-refractivity contribution in [2.24, 2.45) is 0 Å². The van der Waals surface area contributed by atoms with Gasteiger partial charge in [0.1, 0.15) is 6.61 Å². The Kier molecular flexibility index (Phi) is 5.66. The van der Waals surface area contributed by atoms with Crippen LogP contribution in [0.4, 0.5) is 5.69 Å². The molecule has 1 aromatic rings. The first-order valence-electron chi connectivity index (χ1n) is 5.56. The zero-order valence-corrected chi connectivity index (χ0v) is 10.6.